The van der Waals surface area contributed by atoms with E-state index >= 15 is 0 Å². The van der Waals surface area contributed by atoms with Gasteiger partial charge in [0, 0.05) is 18.6 Å². The molecular formula is C10H13ClN2. The van der Waals surface area contributed by atoms with Crippen LogP contribution in [0.25, 0.3) is 0 Å². The average Bonchev–Trinajstić information content (AvgIpc) is 2.02. The average molecular weight is 197 g/mol. The molecule has 1 aliphatic rings. The second-order valence-corrected chi connectivity index (χ2v) is 3.96. The van der Waals surface area contributed by atoms with Gasteiger partial charge in [-0.05, 0) is 30.5 Å². The number of benzene rings is 1. The fourth-order valence-corrected chi connectivity index (χ4v) is 2.20. The van der Waals surface area contributed by atoms with Gasteiger partial charge in [0.15, 0.2) is 0 Å². The highest BCUT2D eigenvalue weighted by Crippen LogP contribution is 2.34. The number of nitrogen functional groups attached to an aromatic ring is 1. The molecule has 0 amide bonds. The van der Waals surface area contributed by atoms with Gasteiger partial charge in [0.2, 0.25) is 0 Å². The lowest BCUT2D eigenvalue weighted by Crippen LogP contribution is -2.25. The van der Waals surface area contributed by atoms with E-state index < -0.39 is 0 Å². The predicted octanol–water partition coefficient (Wildman–Crippen LogP) is 2.30. The molecule has 13 heavy (non-hydrogen) atoms. The van der Waals surface area contributed by atoms with Crippen molar-refractivity contribution in [3.8, 4) is 0 Å². The summed E-state index contributed by atoms with van der Waals surface area (Å²) >= 11 is 5.93. The van der Waals surface area contributed by atoms with Crippen molar-refractivity contribution in [2.75, 3.05) is 24.2 Å². The fourth-order valence-electron chi connectivity index (χ4n) is 1.95. The summed E-state index contributed by atoms with van der Waals surface area (Å²) in [4.78, 5) is 2.20. The Hall–Kier alpha value is -0.890. The van der Waals surface area contributed by atoms with E-state index in [9.17, 15) is 0 Å². The molecule has 1 heterocycles. The van der Waals surface area contributed by atoms with Crippen LogP contribution in [0, 0.1) is 0 Å². The standard InChI is InChI=1S/C10H13ClN2/c1-13-4-2-3-7-5-8(11)6-9(12)10(7)13/h5-6H,2-4,12H2,1H3. The number of rotatable bonds is 0. The number of nitrogens with zero attached hydrogens (tertiary/aromatic N) is 1. The zero-order valence-corrected chi connectivity index (χ0v) is 8.43. The maximum atomic E-state index is 5.93. The van der Waals surface area contributed by atoms with Gasteiger partial charge in [-0.15, -0.1) is 0 Å². The molecule has 0 spiro atoms. The topological polar surface area (TPSA) is 29.3 Å². The number of fused-ring (bicyclic) bond motifs is 1. The van der Waals surface area contributed by atoms with Gasteiger partial charge in [0.1, 0.15) is 0 Å². The number of anilines is 2. The van der Waals surface area contributed by atoms with Crippen molar-refractivity contribution in [2.45, 2.75) is 12.8 Å². The summed E-state index contributed by atoms with van der Waals surface area (Å²) in [6, 6.07) is 3.84. The Morgan fingerprint density at radius 2 is 2.23 bits per heavy atom. The van der Waals surface area contributed by atoms with Crippen LogP contribution < -0.4 is 10.6 Å². The Balaban J connectivity index is 2.56. The summed E-state index contributed by atoms with van der Waals surface area (Å²) in [6.45, 7) is 1.08. The summed E-state index contributed by atoms with van der Waals surface area (Å²) < 4.78 is 0. The zero-order valence-electron chi connectivity index (χ0n) is 7.68. The first-order valence-electron chi connectivity index (χ1n) is 4.47. The number of nitrogens with two attached hydrogens (primary N) is 1. The van der Waals surface area contributed by atoms with Crippen LogP contribution in [0.5, 0.6) is 0 Å². The molecule has 0 radical (unpaired) electrons. The van der Waals surface area contributed by atoms with Crippen LogP contribution in [-0.4, -0.2) is 13.6 Å². The first-order valence-corrected chi connectivity index (χ1v) is 4.85. The minimum absolute atomic E-state index is 0.742. The first-order chi connectivity index (χ1) is 6.18. The highest BCUT2D eigenvalue weighted by molar-refractivity contribution is 6.31. The summed E-state index contributed by atoms with van der Waals surface area (Å²) in [5.41, 5.74) is 9.14. The van der Waals surface area contributed by atoms with E-state index in [2.05, 4.69) is 11.9 Å². The molecule has 0 aliphatic carbocycles. The number of aryl methyl sites for hydroxylation is 1. The lowest BCUT2D eigenvalue weighted by atomic mass is 10.0. The molecule has 0 atom stereocenters. The quantitative estimate of drug-likeness (QED) is 0.646. The Labute approximate surface area is 83.3 Å². The van der Waals surface area contributed by atoms with Crippen molar-refractivity contribution < 1.29 is 0 Å². The highest BCUT2D eigenvalue weighted by Gasteiger charge is 2.16. The SMILES string of the molecule is CN1CCCc2cc(Cl)cc(N)c21. The molecule has 2 rings (SSSR count). The first kappa shape index (κ1) is 8.70. The third kappa shape index (κ3) is 1.46. The molecule has 0 saturated carbocycles. The molecule has 1 aliphatic heterocycles. The Morgan fingerprint density at radius 1 is 1.46 bits per heavy atom. The van der Waals surface area contributed by atoms with Crippen LogP contribution in [0.4, 0.5) is 11.4 Å². The van der Waals surface area contributed by atoms with Crippen LogP contribution in [0.15, 0.2) is 12.1 Å². The van der Waals surface area contributed by atoms with E-state index in [1.807, 2.05) is 12.1 Å². The second kappa shape index (κ2) is 3.11. The van der Waals surface area contributed by atoms with Gasteiger partial charge in [-0.25, -0.2) is 0 Å². The maximum Gasteiger partial charge on any atom is 0.0630 e. The Kier molecular flexibility index (Phi) is 2.08. The highest BCUT2D eigenvalue weighted by atomic mass is 35.5. The van der Waals surface area contributed by atoms with Crippen molar-refractivity contribution in [3.05, 3.63) is 22.7 Å². The lowest BCUT2D eigenvalue weighted by molar-refractivity contribution is 0.746. The minimum atomic E-state index is 0.742. The summed E-state index contributed by atoms with van der Waals surface area (Å²) in [5, 5.41) is 0.742. The van der Waals surface area contributed by atoms with E-state index in [0.717, 1.165) is 29.4 Å². The Bertz CT molecular complexity index is 336. The maximum absolute atomic E-state index is 5.93. The summed E-state index contributed by atoms with van der Waals surface area (Å²) in [6.07, 6.45) is 2.27. The van der Waals surface area contributed by atoms with Gasteiger partial charge >= 0.3 is 0 Å². The van der Waals surface area contributed by atoms with E-state index in [4.69, 9.17) is 17.3 Å². The number of halogens is 1. The monoisotopic (exact) mass is 196 g/mol. The van der Waals surface area contributed by atoms with E-state index in [0.29, 0.717) is 0 Å². The number of hydrogen-bond donors (Lipinski definition) is 1. The molecular weight excluding hydrogens is 184 g/mol. The minimum Gasteiger partial charge on any atom is -0.397 e. The van der Waals surface area contributed by atoms with Crippen molar-refractivity contribution in [1.82, 2.24) is 0 Å². The van der Waals surface area contributed by atoms with E-state index in [1.165, 1.54) is 12.0 Å². The fraction of sp³-hybridized carbons (Fsp3) is 0.400. The van der Waals surface area contributed by atoms with Crippen LogP contribution in [0.3, 0.4) is 0 Å². The molecule has 0 fully saturated rings. The normalized spacial score (nSPS) is 15.7. The molecule has 0 aromatic heterocycles. The third-order valence-corrected chi connectivity index (χ3v) is 2.72. The van der Waals surface area contributed by atoms with Crippen LogP contribution >= 0.6 is 11.6 Å². The molecule has 1 aromatic carbocycles. The van der Waals surface area contributed by atoms with Crippen molar-refractivity contribution >= 4 is 23.0 Å². The smallest absolute Gasteiger partial charge is 0.0630 e. The van der Waals surface area contributed by atoms with Crippen LogP contribution in [0.2, 0.25) is 5.02 Å². The number of hydrogen-bond acceptors (Lipinski definition) is 2. The zero-order chi connectivity index (χ0) is 9.42. The molecule has 0 saturated heterocycles. The second-order valence-electron chi connectivity index (χ2n) is 3.53. The molecule has 3 heteroatoms. The predicted molar refractivity (Wildman–Crippen MR) is 57.5 cm³/mol. The van der Waals surface area contributed by atoms with Gasteiger partial charge in [0.25, 0.3) is 0 Å². The van der Waals surface area contributed by atoms with Crippen molar-refractivity contribution in [2.24, 2.45) is 0 Å². The van der Waals surface area contributed by atoms with Crippen molar-refractivity contribution in [1.29, 1.82) is 0 Å². The van der Waals surface area contributed by atoms with E-state index in [1.54, 1.807) is 0 Å². The van der Waals surface area contributed by atoms with Gasteiger partial charge in [-0.1, -0.05) is 11.6 Å². The van der Waals surface area contributed by atoms with Crippen molar-refractivity contribution in [3.63, 3.8) is 0 Å². The van der Waals surface area contributed by atoms with Gasteiger partial charge in [-0.2, -0.15) is 0 Å². The van der Waals surface area contributed by atoms with Crippen LogP contribution in [-0.2, 0) is 6.42 Å². The molecule has 0 bridgehead atoms. The largest absolute Gasteiger partial charge is 0.397 e. The third-order valence-electron chi connectivity index (χ3n) is 2.50. The van der Waals surface area contributed by atoms with E-state index in [-0.39, 0.29) is 0 Å². The molecule has 0 unspecified atom stereocenters. The molecule has 1 aromatic rings. The van der Waals surface area contributed by atoms with Crippen LogP contribution in [0.1, 0.15) is 12.0 Å². The summed E-state index contributed by atoms with van der Waals surface area (Å²) in [5.74, 6) is 0. The molecule has 70 valence electrons. The van der Waals surface area contributed by atoms with Gasteiger partial charge in [-0.3, -0.25) is 0 Å². The van der Waals surface area contributed by atoms with Gasteiger partial charge < -0.3 is 10.6 Å². The Morgan fingerprint density at radius 3 is 3.00 bits per heavy atom. The summed E-state index contributed by atoms with van der Waals surface area (Å²) in [7, 11) is 2.07. The van der Waals surface area contributed by atoms with Gasteiger partial charge in [0.05, 0.1) is 11.4 Å². The molecule has 2 N–H and O–H groups in total. The lowest BCUT2D eigenvalue weighted by Gasteiger charge is -2.28. The molecule has 2 nitrogen and oxygen atoms in total.